The fraction of sp³-hybridized carbons (Fsp3) is 0.533. The van der Waals surface area contributed by atoms with E-state index in [1.807, 2.05) is 29.2 Å². The van der Waals surface area contributed by atoms with Gasteiger partial charge in [-0.2, -0.15) is 0 Å². The lowest BCUT2D eigenvalue weighted by Gasteiger charge is -2.38. The van der Waals surface area contributed by atoms with Crippen LogP contribution in [0.4, 0.5) is 0 Å². The Morgan fingerprint density at radius 3 is 2.42 bits per heavy atom. The zero-order valence-electron chi connectivity index (χ0n) is 11.0. The van der Waals surface area contributed by atoms with Crippen molar-refractivity contribution in [1.82, 2.24) is 10.2 Å². The van der Waals surface area contributed by atoms with Crippen molar-refractivity contribution in [3.05, 3.63) is 34.3 Å². The number of rotatable bonds is 1. The van der Waals surface area contributed by atoms with Crippen LogP contribution in [-0.2, 0) is 0 Å². The van der Waals surface area contributed by atoms with Crippen LogP contribution in [0.15, 0.2) is 28.7 Å². The average molecular weight is 323 g/mol. The van der Waals surface area contributed by atoms with Crippen LogP contribution in [0.3, 0.4) is 0 Å². The monoisotopic (exact) mass is 322 g/mol. The minimum atomic E-state index is 0.174. The number of likely N-dealkylation sites (tertiary alicyclic amines) is 1. The molecule has 3 rings (SSSR count). The second-order valence-electron chi connectivity index (χ2n) is 5.73. The second kappa shape index (κ2) is 5.25. The van der Waals surface area contributed by atoms with E-state index in [0.717, 1.165) is 49.1 Å². The Bertz CT molecular complexity index is 456. The van der Waals surface area contributed by atoms with Crippen molar-refractivity contribution < 1.29 is 4.79 Å². The van der Waals surface area contributed by atoms with Crippen LogP contribution in [0.1, 0.15) is 29.6 Å². The summed E-state index contributed by atoms with van der Waals surface area (Å²) in [5, 5.41) is 3.46. The number of hydrogen-bond donors (Lipinski definition) is 1. The van der Waals surface area contributed by atoms with Crippen LogP contribution in [0, 0.1) is 5.41 Å². The van der Waals surface area contributed by atoms with Gasteiger partial charge in [-0.1, -0.05) is 15.9 Å². The third kappa shape index (κ3) is 2.70. The van der Waals surface area contributed by atoms with Crippen LogP contribution in [0.2, 0.25) is 0 Å². The molecule has 0 saturated carbocycles. The third-order valence-electron chi connectivity index (χ3n) is 4.53. The summed E-state index contributed by atoms with van der Waals surface area (Å²) in [6, 6.07) is 7.65. The molecule has 2 aliphatic rings. The van der Waals surface area contributed by atoms with Gasteiger partial charge in [0.05, 0.1) is 0 Å². The largest absolute Gasteiger partial charge is 0.339 e. The maximum Gasteiger partial charge on any atom is 0.253 e. The molecule has 0 atom stereocenters. The number of benzene rings is 1. The first-order chi connectivity index (χ1) is 9.19. The first-order valence-corrected chi connectivity index (χ1v) is 7.73. The third-order valence-corrected chi connectivity index (χ3v) is 5.06. The van der Waals surface area contributed by atoms with E-state index in [1.165, 1.54) is 6.42 Å². The quantitative estimate of drug-likeness (QED) is 0.862. The molecule has 2 fully saturated rings. The molecule has 1 N–H and O–H groups in total. The van der Waals surface area contributed by atoms with Gasteiger partial charge in [-0.25, -0.2) is 0 Å². The zero-order valence-corrected chi connectivity index (χ0v) is 12.6. The molecule has 0 aromatic heterocycles. The van der Waals surface area contributed by atoms with E-state index in [2.05, 4.69) is 21.2 Å². The van der Waals surface area contributed by atoms with Gasteiger partial charge in [0.25, 0.3) is 5.91 Å². The van der Waals surface area contributed by atoms with E-state index in [0.29, 0.717) is 5.41 Å². The SMILES string of the molecule is O=C(c1ccc(Br)cc1)N1CCC2(CCNC2)CC1. The molecule has 2 aliphatic heterocycles. The molecule has 1 aromatic rings. The summed E-state index contributed by atoms with van der Waals surface area (Å²) in [6.07, 6.45) is 3.55. The zero-order chi connectivity index (χ0) is 13.3. The summed E-state index contributed by atoms with van der Waals surface area (Å²) in [4.78, 5) is 14.4. The molecule has 19 heavy (non-hydrogen) atoms. The lowest BCUT2D eigenvalue weighted by atomic mass is 9.78. The number of nitrogens with zero attached hydrogens (tertiary/aromatic N) is 1. The van der Waals surface area contributed by atoms with E-state index < -0.39 is 0 Å². The predicted octanol–water partition coefficient (Wildman–Crippen LogP) is 2.66. The number of halogens is 1. The molecule has 1 amide bonds. The second-order valence-corrected chi connectivity index (χ2v) is 6.64. The summed E-state index contributed by atoms with van der Waals surface area (Å²) in [7, 11) is 0. The van der Waals surface area contributed by atoms with Gasteiger partial charge < -0.3 is 10.2 Å². The van der Waals surface area contributed by atoms with Crippen molar-refractivity contribution in [1.29, 1.82) is 0 Å². The van der Waals surface area contributed by atoms with Crippen LogP contribution < -0.4 is 5.32 Å². The van der Waals surface area contributed by atoms with Gasteiger partial charge in [0.1, 0.15) is 0 Å². The highest BCUT2D eigenvalue weighted by Crippen LogP contribution is 2.37. The van der Waals surface area contributed by atoms with Crippen molar-refractivity contribution >= 4 is 21.8 Å². The fourth-order valence-electron chi connectivity index (χ4n) is 3.18. The molecule has 3 nitrogen and oxygen atoms in total. The minimum absolute atomic E-state index is 0.174. The molecule has 102 valence electrons. The van der Waals surface area contributed by atoms with Crippen LogP contribution >= 0.6 is 15.9 Å². The molecular formula is C15H19BrN2O. The van der Waals surface area contributed by atoms with Crippen molar-refractivity contribution in [2.75, 3.05) is 26.2 Å². The summed E-state index contributed by atoms with van der Waals surface area (Å²) in [5.41, 5.74) is 1.26. The summed E-state index contributed by atoms with van der Waals surface area (Å²) in [6.45, 7) is 4.07. The van der Waals surface area contributed by atoms with Crippen LogP contribution in [0.5, 0.6) is 0 Å². The van der Waals surface area contributed by atoms with E-state index >= 15 is 0 Å². The predicted molar refractivity (Wildman–Crippen MR) is 79.2 cm³/mol. The highest BCUT2D eigenvalue weighted by molar-refractivity contribution is 9.10. The average Bonchev–Trinajstić information content (AvgIpc) is 2.88. The lowest BCUT2D eigenvalue weighted by molar-refractivity contribution is 0.0607. The molecule has 1 aromatic carbocycles. The number of amides is 1. The maximum atomic E-state index is 12.4. The minimum Gasteiger partial charge on any atom is -0.339 e. The van der Waals surface area contributed by atoms with E-state index in [4.69, 9.17) is 0 Å². The van der Waals surface area contributed by atoms with Gasteiger partial charge in [-0.05, 0) is 55.5 Å². The van der Waals surface area contributed by atoms with Gasteiger partial charge in [0.2, 0.25) is 0 Å². The Kier molecular flexibility index (Phi) is 3.63. The number of piperidine rings is 1. The Balaban J connectivity index is 1.64. The first kappa shape index (κ1) is 13.1. The molecule has 2 saturated heterocycles. The summed E-state index contributed by atoms with van der Waals surface area (Å²) >= 11 is 3.40. The fourth-order valence-corrected chi connectivity index (χ4v) is 3.45. The van der Waals surface area contributed by atoms with Gasteiger partial charge in [0, 0.05) is 29.7 Å². The molecule has 1 spiro atoms. The Labute approximate surface area is 122 Å². The number of carbonyl (C=O) groups is 1. The maximum absolute atomic E-state index is 12.4. The van der Waals surface area contributed by atoms with E-state index in [9.17, 15) is 4.79 Å². The van der Waals surface area contributed by atoms with Gasteiger partial charge in [-0.15, -0.1) is 0 Å². The molecule has 2 heterocycles. The van der Waals surface area contributed by atoms with E-state index in [1.54, 1.807) is 0 Å². The van der Waals surface area contributed by atoms with Crippen molar-refractivity contribution in [2.45, 2.75) is 19.3 Å². The van der Waals surface area contributed by atoms with Crippen molar-refractivity contribution in [2.24, 2.45) is 5.41 Å². The van der Waals surface area contributed by atoms with Gasteiger partial charge in [0.15, 0.2) is 0 Å². The Morgan fingerprint density at radius 1 is 1.16 bits per heavy atom. The van der Waals surface area contributed by atoms with Crippen LogP contribution in [-0.4, -0.2) is 37.0 Å². The normalized spacial score (nSPS) is 21.8. The topological polar surface area (TPSA) is 32.3 Å². The van der Waals surface area contributed by atoms with Gasteiger partial charge in [-0.3, -0.25) is 4.79 Å². The van der Waals surface area contributed by atoms with E-state index in [-0.39, 0.29) is 5.91 Å². The lowest BCUT2D eigenvalue weighted by Crippen LogP contribution is -2.44. The summed E-state index contributed by atoms with van der Waals surface area (Å²) in [5.74, 6) is 0.174. The van der Waals surface area contributed by atoms with Crippen LogP contribution in [0.25, 0.3) is 0 Å². The summed E-state index contributed by atoms with van der Waals surface area (Å²) < 4.78 is 1.01. The molecule has 0 bridgehead atoms. The molecule has 0 unspecified atom stereocenters. The van der Waals surface area contributed by atoms with Gasteiger partial charge >= 0.3 is 0 Å². The molecular weight excluding hydrogens is 304 g/mol. The highest BCUT2D eigenvalue weighted by Gasteiger charge is 2.38. The number of carbonyl (C=O) groups excluding carboxylic acids is 1. The number of nitrogens with one attached hydrogen (secondary N) is 1. The standard InChI is InChI=1S/C15H19BrN2O/c16-13-3-1-12(2-4-13)14(19)18-9-6-15(7-10-18)5-8-17-11-15/h1-4,17H,5-11H2. The van der Waals surface area contributed by atoms with Crippen molar-refractivity contribution in [3.63, 3.8) is 0 Å². The Morgan fingerprint density at radius 2 is 1.84 bits per heavy atom. The Hall–Kier alpha value is -0.870. The van der Waals surface area contributed by atoms with Crippen molar-refractivity contribution in [3.8, 4) is 0 Å². The molecule has 4 heteroatoms. The molecule has 0 radical (unpaired) electrons. The highest BCUT2D eigenvalue weighted by atomic mass is 79.9. The number of hydrogen-bond acceptors (Lipinski definition) is 2. The first-order valence-electron chi connectivity index (χ1n) is 6.94. The smallest absolute Gasteiger partial charge is 0.253 e. The molecule has 0 aliphatic carbocycles.